The lowest BCUT2D eigenvalue weighted by Crippen LogP contribution is -2.21. The highest BCUT2D eigenvalue weighted by molar-refractivity contribution is 14.1. The van der Waals surface area contributed by atoms with Gasteiger partial charge >= 0.3 is 0 Å². The van der Waals surface area contributed by atoms with E-state index >= 15 is 0 Å². The molecule has 0 saturated carbocycles. The Bertz CT molecular complexity index is 592. The summed E-state index contributed by atoms with van der Waals surface area (Å²) in [5.74, 6) is 0. The number of hydrogen-bond acceptors (Lipinski definition) is 2. The average Bonchev–Trinajstić information content (AvgIpc) is 2.28. The van der Waals surface area contributed by atoms with Crippen molar-refractivity contribution < 1.29 is 0 Å². The number of nitrogens with zero attached hydrogens (tertiary/aromatic N) is 1. The Hall–Kier alpha value is -0.820. The first-order chi connectivity index (χ1) is 8.06. The minimum Gasteiger partial charge on any atom is -0.398 e. The largest absolute Gasteiger partial charge is 0.398 e. The first-order valence-corrected chi connectivity index (χ1v) is 6.83. The molecule has 2 rings (SSSR count). The van der Waals surface area contributed by atoms with Gasteiger partial charge in [-0.15, -0.1) is 0 Å². The summed E-state index contributed by atoms with van der Waals surface area (Å²) < 4.78 is 3.26. The van der Waals surface area contributed by atoms with E-state index in [0.717, 1.165) is 5.56 Å². The highest BCUT2D eigenvalue weighted by Crippen LogP contribution is 2.11. The fourth-order valence-electron chi connectivity index (χ4n) is 1.53. The number of pyridine rings is 1. The number of rotatable bonds is 2. The van der Waals surface area contributed by atoms with E-state index in [-0.39, 0.29) is 5.56 Å². The van der Waals surface area contributed by atoms with Gasteiger partial charge in [0.05, 0.1) is 11.0 Å². The molecular formula is C12H10BrIN2O. The van der Waals surface area contributed by atoms with E-state index in [1.807, 2.05) is 24.3 Å². The summed E-state index contributed by atoms with van der Waals surface area (Å²) in [6.45, 7) is 0.527. The summed E-state index contributed by atoms with van der Waals surface area (Å²) in [4.78, 5) is 11.9. The molecule has 0 radical (unpaired) electrons. The molecule has 1 heterocycles. The maximum absolute atomic E-state index is 11.9. The number of hydrogen-bond donors (Lipinski definition) is 1. The van der Waals surface area contributed by atoms with Crippen LogP contribution in [0.25, 0.3) is 0 Å². The third-order valence-electron chi connectivity index (χ3n) is 2.33. The van der Waals surface area contributed by atoms with Gasteiger partial charge in [0.25, 0.3) is 5.56 Å². The van der Waals surface area contributed by atoms with Crippen LogP contribution in [-0.2, 0) is 6.54 Å². The van der Waals surface area contributed by atoms with Crippen molar-refractivity contribution in [2.45, 2.75) is 6.54 Å². The molecule has 5 heteroatoms. The maximum atomic E-state index is 11.9. The molecule has 88 valence electrons. The molecule has 1 aromatic heterocycles. The Labute approximate surface area is 121 Å². The molecule has 0 aliphatic rings. The third kappa shape index (κ3) is 3.10. The fraction of sp³-hybridized carbons (Fsp3) is 0.0833. The predicted octanol–water partition coefficient (Wildman–Crippen LogP) is 2.85. The quantitative estimate of drug-likeness (QED) is 0.782. The third-order valence-corrected chi connectivity index (χ3v) is 3.62. The molecule has 0 saturated heterocycles. The summed E-state index contributed by atoms with van der Waals surface area (Å²) in [5.41, 5.74) is 7.29. The molecule has 0 spiro atoms. The SMILES string of the molecule is Nc1cc(Br)c(=O)n(Cc2ccc(I)cc2)c1. The second-order valence-corrected chi connectivity index (χ2v) is 5.78. The number of anilines is 1. The van der Waals surface area contributed by atoms with E-state index in [1.54, 1.807) is 16.8 Å². The molecule has 0 bridgehead atoms. The topological polar surface area (TPSA) is 48.0 Å². The van der Waals surface area contributed by atoms with Gasteiger partial charge in [0.1, 0.15) is 0 Å². The van der Waals surface area contributed by atoms with Crippen molar-refractivity contribution in [1.29, 1.82) is 0 Å². The van der Waals surface area contributed by atoms with Gasteiger partial charge in [-0.05, 0) is 62.3 Å². The second kappa shape index (κ2) is 5.22. The molecule has 0 unspecified atom stereocenters. The molecule has 0 atom stereocenters. The summed E-state index contributed by atoms with van der Waals surface area (Å²) in [6.07, 6.45) is 1.66. The summed E-state index contributed by atoms with van der Waals surface area (Å²) in [6, 6.07) is 9.66. The van der Waals surface area contributed by atoms with Crippen LogP contribution in [0.2, 0.25) is 0 Å². The van der Waals surface area contributed by atoms with Gasteiger partial charge in [-0.3, -0.25) is 4.79 Å². The molecule has 3 nitrogen and oxygen atoms in total. The van der Waals surface area contributed by atoms with Gasteiger partial charge in [-0.25, -0.2) is 0 Å². The fourth-order valence-corrected chi connectivity index (χ4v) is 2.38. The zero-order valence-electron chi connectivity index (χ0n) is 8.86. The van der Waals surface area contributed by atoms with Crippen LogP contribution in [0.5, 0.6) is 0 Å². The lowest BCUT2D eigenvalue weighted by atomic mass is 10.2. The van der Waals surface area contributed by atoms with Crippen molar-refractivity contribution in [1.82, 2.24) is 4.57 Å². The van der Waals surface area contributed by atoms with Crippen LogP contribution in [0.3, 0.4) is 0 Å². The zero-order chi connectivity index (χ0) is 12.4. The van der Waals surface area contributed by atoms with Crippen LogP contribution >= 0.6 is 38.5 Å². The van der Waals surface area contributed by atoms with Crippen LogP contribution in [0.15, 0.2) is 45.8 Å². The van der Waals surface area contributed by atoms with Crippen molar-refractivity contribution in [3.63, 3.8) is 0 Å². The summed E-state index contributed by atoms with van der Waals surface area (Å²) in [7, 11) is 0. The zero-order valence-corrected chi connectivity index (χ0v) is 12.6. The highest BCUT2D eigenvalue weighted by atomic mass is 127. The van der Waals surface area contributed by atoms with Crippen LogP contribution in [0.4, 0.5) is 5.69 Å². The number of halogens is 2. The van der Waals surface area contributed by atoms with Crippen LogP contribution in [0.1, 0.15) is 5.56 Å². The standard InChI is InChI=1S/C12H10BrIN2O/c13-11-5-10(15)7-16(12(11)17)6-8-1-3-9(14)4-2-8/h1-5,7H,6,15H2. The summed E-state index contributed by atoms with van der Waals surface area (Å²) in [5, 5.41) is 0. The average molecular weight is 405 g/mol. The molecule has 2 N–H and O–H groups in total. The molecule has 2 aromatic rings. The van der Waals surface area contributed by atoms with E-state index in [0.29, 0.717) is 16.7 Å². The van der Waals surface area contributed by atoms with Crippen LogP contribution in [0, 0.1) is 3.57 Å². The van der Waals surface area contributed by atoms with Crippen molar-refractivity contribution >= 4 is 44.2 Å². The molecule has 0 fully saturated rings. The number of nitrogens with two attached hydrogens (primary N) is 1. The van der Waals surface area contributed by atoms with E-state index in [1.165, 1.54) is 3.57 Å². The van der Waals surface area contributed by atoms with Crippen molar-refractivity contribution in [2.24, 2.45) is 0 Å². The number of nitrogen functional groups attached to an aromatic ring is 1. The molecular weight excluding hydrogens is 395 g/mol. The van der Waals surface area contributed by atoms with E-state index < -0.39 is 0 Å². The number of aromatic nitrogens is 1. The van der Waals surface area contributed by atoms with Crippen molar-refractivity contribution in [3.05, 3.63) is 60.5 Å². The molecule has 17 heavy (non-hydrogen) atoms. The van der Waals surface area contributed by atoms with Gasteiger partial charge in [0.2, 0.25) is 0 Å². The van der Waals surface area contributed by atoms with Gasteiger partial charge < -0.3 is 10.3 Å². The molecule has 1 aromatic carbocycles. The van der Waals surface area contributed by atoms with Gasteiger partial charge in [-0.2, -0.15) is 0 Å². The predicted molar refractivity (Wildman–Crippen MR) is 81.1 cm³/mol. The smallest absolute Gasteiger partial charge is 0.265 e. The Morgan fingerprint density at radius 1 is 1.29 bits per heavy atom. The van der Waals surface area contributed by atoms with Crippen molar-refractivity contribution in [2.75, 3.05) is 5.73 Å². The van der Waals surface area contributed by atoms with Gasteiger partial charge in [-0.1, -0.05) is 12.1 Å². The monoisotopic (exact) mass is 404 g/mol. The minimum atomic E-state index is -0.0715. The Balaban J connectivity index is 2.36. The maximum Gasteiger partial charge on any atom is 0.265 e. The molecule has 0 amide bonds. The van der Waals surface area contributed by atoms with E-state index in [4.69, 9.17) is 5.73 Å². The minimum absolute atomic E-state index is 0.0715. The Morgan fingerprint density at radius 2 is 1.94 bits per heavy atom. The van der Waals surface area contributed by atoms with Crippen LogP contribution < -0.4 is 11.3 Å². The number of benzene rings is 1. The normalized spacial score (nSPS) is 10.5. The Kier molecular flexibility index (Phi) is 3.88. The Morgan fingerprint density at radius 3 is 2.59 bits per heavy atom. The van der Waals surface area contributed by atoms with E-state index in [9.17, 15) is 4.79 Å². The van der Waals surface area contributed by atoms with Gasteiger partial charge in [0.15, 0.2) is 0 Å². The molecule has 0 aliphatic carbocycles. The first kappa shape index (κ1) is 12.6. The van der Waals surface area contributed by atoms with Gasteiger partial charge in [0, 0.05) is 15.5 Å². The second-order valence-electron chi connectivity index (χ2n) is 3.68. The van der Waals surface area contributed by atoms with E-state index in [2.05, 4.69) is 38.5 Å². The lowest BCUT2D eigenvalue weighted by Gasteiger charge is -2.07. The first-order valence-electron chi connectivity index (χ1n) is 4.96. The van der Waals surface area contributed by atoms with Crippen LogP contribution in [-0.4, -0.2) is 4.57 Å². The summed E-state index contributed by atoms with van der Waals surface area (Å²) >= 11 is 5.46. The van der Waals surface area contributed by atoms with Crippen molar-refractivity contribution in [3.8, 4) is 0 Å². The molecule has 0 aliphatic heterocycles. The highest BCUT2D eigenvalue weighted by Gasteiger charge is 2.03. The lowest BCUT2D eigenvalue weighted by molar-refractivity contribution is 0.757.